The zero-order chi connectivity index (χ0) is 12.5. The van der Waals surface area contributed by atoms with Crippen molar-refractivity contribution in [3.05, 3.63) is 0 Å². The molecule has 0 spiro atoms. The van der Waals surface area contributed by atoms with E-state index in [0.717, 1.165) is 18.4 Å². The number of nitrogens with two attached hydrogens (primary N) is 1. The van der Waals surface area contributed by atoms with Gasteiger partial charge in [-0.2, -0.15) is 0 Å². The molecular weight excluding hydrogens is 208 g/mol. The summed E-state index contributed by atoms with van der Waals surface area (Å²) in [6.07, 6.45) is 8.32. The Morgan fingerprint density at radius 3 is 2.24 bits per heavy atom. The summed E-state index contributed by atoms with van der Waals surface area (Å²) in [6, 6.07) is 0. The molecular formula is C15H30N2. The standard InChI is InChI=1S/C15H30N2/c1-14(2)8-6-12(7-9-14)10-17-15(3,11-16)13-4-5-13/h12-13,17H,4-11,16H2,1-3H3. The summed E-state index contributed by atoms with van der Waals surface area (Å²) in [5.74, 6) is 1.72. The quantitative estimate of drug-likeness (QED) is 0.773. The van der Waals surface area contributed by atoms with Crippen LogP contribution in [0.5, 0.6) is 0 Å². The van der Waals surface area contributed by atoms with Crippen LogP contribution in [0.4, 0.5) is 0 Å². The molecule has 2 aliphatic rings. The molecule has 2 nitrogen and oxygen atoms in total. The van der Waals surface area contributed by atoms with Crippen molar-refractivity contribution in [1.82, 2.24) is 5.32 Å². The van der Waals surface area contributed by atoms with E-state index < -0.39 is 0 Å². The molecule has 0 aromatic rings. The predicted octanol–water partition coefficient (Wildman–Crippen LogP) is 2.92. The molecule has 1 atom stereocenters. The second-order valence-electron chi connectivity index (χ2n) is 7.38. The predicted molar refractivity (Wildman–Crippen MR) is 73.9 cm³/mol. The maximum atomic E-state index is 5.94. The highest BCUT2D eigenvalue weighted by atomic mass is 15.0. The average molecular weight is 238 g/mol. The lowest BCUT2D eigenvalue weighted by Crippen LogP contribution is -2.52. The van der Waals surface area contributed by atoms with Gasteiger partial charge < -0.3 is 11.1 Å². The van der Waals surface area contributed by atoms with Gasteiger partial charge in [0.1, 0.15) is 0 Å². The summed E-state index contributed by atoms with van der Waals surface area (Å²) in [6.45, 7) is 9.10. The molecule has 0 radical (unpaired) electrons. The van der Waals surface area contributed by atoms with Gasteiger partial charge in [-0.3, -0.25) is 0 Å². The molecule has 0 bridgehead atoms. The molecule has 0 aliphatic heterocycles. The fraction of sp³-hybridized carbons (Fsp3) is 1.00. The van der Waals surface area contributed by atoms with E-state index in [1.807, 2.05) is 0 Å². The molecule has 0 saturated heterocycles. The molecule has 2 heteroatoms. The summed E-state index contributed by atoms with van der Waals surface area (Å²) in [5.41, 5.74) is 6.75. The minimum Gasteiger partial charge on any atom is -0.329 e. The molecule has 2 rings (SSSR count). The van der Waals surface area contributed by atoms with Gasteiger partial charge in [0.15, 0.2) is 0 Å². The van der Waals surface area contributed by atoms with Crippen LogP contribution in [-0.2, 0) is 0 Å². The fourth-order valence-electron chi connectivity index (χ4n) is 3.14. The van der Waals surface area contributed by atoms with Crippen LogP contribution in [0.15, 0.2) is 0 Å². The van der Waals surface area contributed by atoms with E-state index in [2.05, 4.69) is 26.1 Å². The first kappa shape index (κ1) is 13.4. The second kappa shape index (κ2) is 4.89. The smallest absolute Gasteiger partial charge is 0.0304 e. The number of nitrogens with one attached hydrogen (secondary N) is 1. The number of rotatable bonds is 5. The lowest BCUT2D eigenvalue weighted by molar-refractivity contribution is 0.176. The number of hydrogen-bond donors (Lipinski definition) is 2. The lowest BCUT2D eigenvalue weighted by Gasteiger charge is -2.37. The first-order valence-corrected chi connectivity index (χ1v) is 7.40. The SMILES string of the molecule is CC1(C)CCC(CNC(C)(CN)C2CC2)CC1. The van der Waals surface area contributed by atoms with E-state index in [-0.39, 0.29) is 5.54 Å². The second-order valence-corrected chi connectivity index (χ2v) is 7.38. The Labute approximate surface area is 107 Å². The van der Waals surface area contributed by atoms with Crippen molar-refractivity contribution in [2.75, 3.05) is 13.1 Å². The van der Waals surface area contributed by atoms with Crippen molar-refractivity contribution in [3.8, 4) is 0 Å². The normalized spacial score (nSPS) is 28.9. The molecule has 0 amide bonds. The van der Waals surface area contributed by atoms with Crippen molar-refractivity contribution in [3.63, 3.8) is 0 Å². The minimum absolute atomic E-state index is 0.215. The average Bonchev–Trinajstić information content (AvgIpc) is 3.11. The van der Waals surface area contributed by atoms with Crippen LogP contribution in [0, 0.1) is 17.3 Å². The molecule has 2 fully saturated rings. The van der Waals surface area contributed by atoms with E-state index in [0.29, 0.717) is 5.41 Å². The minimum atomic E-state index is 0.215. The van der Waals surface area contributed by atoms with Gasteiger partial charge >= 0.3 is 0 Å². The molecule has 1 unspecified atom stereocenters. The number of hydrogen-bond acceptors (Lipinski definition) is 2. The Hall–Kier alpha value is -0.0800. The van der Waals surface area contributed by atoms with Crippen molar-refractivity contribution in [2.45, 2.75) is 64.8 Å². The van der Waals surface area contributed by atoms with Gasteiger partial charge in [-0.05, 0) is 69.2 Å². The van der Waals surface area contributed by atoms with Crippen LogP contribution in [0.1, 0.15) is 59.3 Å². The molecule has 0 aromatic heterocycles. The van der Waals surface area contributed by atoms with Gasteiger partial charge in [-0.1, -0.05) is 13.8 Å². The fourth-order valence-corrected chi connectivity index (χ4v) is 3.14. The third-order valence-electron chi connectivity index (χ3n) is 5.16. The van der Waals surface area contributed by atoms with Gasteiger partial charge in [-0.25, -0.2) is 0 Å². The Morgan fingerprint density at radius 1 is 1.18 bits per heavy atom. The largest absolute Gasteiger partial charge is 0.329 e. The van der Waals surface area contributed by atoms with Gasteiger partial charge in [0, 0.05) is 12.1 Å². The van der Waals surface area contributed by atoms with Crippen LogP contribution in [0.2, 0.25) is 0 Å². The van der Waals surface area contributed by atoms with Crippen LogP contribution in [-0.4, -0.2) is 18.6 Å². The summed E-state index contributed by atoms with van der Waals surface area (Å²) in [5, 5.41) is 3.78. The van der Waals surface area contributed by atoms with E-state index in [9.17, 15) is 0 Å². The molecule has 3 N–H and O–H groups in total. The van der Waals surface area contributed by atoms with Crippen molar-refractivity contribution in [2.24, 2.45) is 23.0 Å². The van der Waals surface area contributed by atoms with E-state index in [1.54, 1.807) is 0 Å². The molecule has 0 aromatic carbocycles. The third kappa shape index (κ3) is 3.45. The maximum absolute atomic E-state index is 5.94. The lowest BCUT2D eigenvalue weighted by atomic mass is 9.73. The van der Waals surface area contributed by atoms with Gasteiger partial charge in [0.2, 0.25) is 0 Å². The van der Waals surface area contributed by atoms with Crippen molar-refractivity contribution < 1.29 is 0 Å². The molecule has 100 valence electrons. The molecule has 0 heterocycles. The summed E-state index contributed by atoms with van der Waals surface area (Å²) < 4.78 is 0. The highest BCUT2D eigenvalue weighted by Crippen LogP contribution is 2.40. The van der Waals surface area contributed by atoms with Crippen LogP contribution in [0.25, 0.3) is 0 Å². The first-order valence-electron chi connectivity index (χ1n) is 7.40. The van der Waals surface area contributed by atoms with Gasteiger partial charge in [0.05, 0.1) is 0 Å². The highest BCUT2D eigenvalue weighted by Gasteiger charge is 2.40. The molecule has 2 aliphatic carbocycles. The Kier molecular flexibility index (Phi) is 3.84. The third-order valence-corrected chi connectivity index (χ3v) is 5.16. The Morgan fingerprint density at radius 2 is 1.76 bits per heavy atom. The molecule has 17 heavy (non-hydrogen) atoms. The van der Waals surface area contributed by atoms with Crippen LogP contribution in [0.3, 0.4) is 0 Å². The van der Waals surface area contributed by atoms with Crippen molar-refractivity contribution in [1.29, 1.82) is 0 Å². The summed E-state index contributed by atoms with van der Waals surface area (Å²) in [7, 11) is 0. The van der Waals surface area contributed by atoms with E-state index >= 15 is 0 Å². The zero-order valence-electron chi connectivity index (χ0n) is 11.9. The molecule has 2 saturated carbocycles. The van der Waals surface area contributed by atoms with E-state index in [4.69, 9.17) is 5.73 Å². The Balaban J connectivity index is 1.75. The first-order chi connectivity index (χ1) is 7.95. The Bertz CT molecular complexity index is 248. The monoisotopic (exact) mass is 238 g/mol. The summed E-state index contributed by atoms with van der Waals surface area (Å²) in [4.78, 5) is 0. The summed E-state index contributed by atoms with van der Waals surface area (Å²) >= 11 is 0. The highest BCUT2D eigenvalue weighted by molar-refractivity contribution is 4.99. The van der Waals surface area contributed by atoms with Crippen LogP contribution >= 0.6 is 0 Å². The van der Waals surface area contributed by atoms with Crippen molar-refractivity contribution >= 4 is 0 Å². The topological polar surface area (TPSA) is 38.0 Å². The zero-order valence-corrected chi connectivity index (χ0v) is 11.9. The van der Waals surface area contributed by atoms with Gasteiger partial charge in [0.25, 0.3) is 0 Å². The van der Waals surface area contributed by atoms with Gasteiger partial charge in [-0.15, -0.1) is 0 Å². The van der Waals surface area contributed by atoms with Crippen LogP contribution < -0.4 is 11.1 Å². The van der Waals surface area contributed by atoms with E-state index in [1.165, 1.54) is 45.1 Å². The maximum Gasteiger partial charge on any atom is 0.0304 e.